The van der Waals surface area contributed by atoms with Crippen molar-refractivity contribution in [2.24, 2.45) is 5.41 Å². The molecule has 1 N–H and O–H groups in total. The molecule has 2 amide bonds. The van der Waals surface area contributed by atoms with E-state index in [-0.39, 0.29) is 12.6 Å². The first kappa shape index (κ1) is 17.8. The third-order valence-electron chi connectivity index (χ3n) is 4.93. The number of carbonyl (C=O) groups excluding carboxylic acids is 1. The Labute approximate surface area is 128 Å². The molecule has 0 bridgehead atoms. The van der Waals surface area contributed by atoms with E-state index in [0.29, 0.717) is 5.41 Å². The van der Waals surface area contributed by atoms with Gasteiger partial charge in [0.15, 0.2) is 0 Å². The third-order valence-corrected chi connectivity index (χ3v) is 4.93. The molecule has 0 radical (unpaired) electrons. The van der Waals surface area contributed by atoms with E-state index in [1.807, 2.05) is 25.7 Å². The highest BCUT2D eigenvalue weighted by atomic mass is 16.4. The number of carbonyl (C=O) groups is 2. The lowest BCUT2D eigenvalue weighted by Gasteiger charge is -2.44. The Balaban J connectivity index is 2.76. The van der Waals surface area contributed by atoms with Gasteiger partial charge in [-0.15, -0.1) is 0 Å². The smallest absolute Gasteiger partial charge is 0.323 e. The van der Waals surface area contributed by atoms with Crippen LogP contribution >= 0.6 is 0 Å². The van der Waals surface area contributed by atoms with Gasteiger partial charge in [0.25, 0.3) is 0 Å². The number of amides is 2. The summed E-state index contributed by atoms with van der Waals surface area (Å²) in [6.45, 7) is 11.3. The summed E-state index contributed by atoms with van der Waals surface area (Å²) in [6.07, 6.45) is 4.31. The number of carboxylic acids is 1. The van der Waals surface area contributed by atoms with Gasteiger partial charge < -0.3 is 14.9 Å². The van der Waals surface area contributed by atoms with E-state index in [4.69, 9.17) is 5.11 Å². The lowest BCUT2D eigenvalue weighted by molar-refractivity contribution is -0.138. The molecular formula is C16H30N2O3. The number of nitrogens with zero attached hydrogens (tertiary/aromatic N) is 2. The Morgan fingerprint density at radius 2 is 1.62 bits per heavy atom. The molecular weight excluding hydrogens is 268 g/mol. The van der Waals surface area contributed by atoms with Crippen LogP contribution in [0.4, 0.5) is 4.79 Å². The molecule has 5 heteroatoms. The maximum absolute atomic E-state index is 12.7. The Hall–Kier alpha value is -1.26. The van der Waals surface area contributed by atoms with Gasteiger partial charge in [-0.3, -0.25) is 4.79 Å². The second-order valence-corrected chi connectivity index (χ2v) is 7.13. The summed E-state index contributed by atoms with van der Waals surface area (Å²) in [7, 11) is 0. The maximum Gasteiger partial charge on any atom is 0.323 e. The summed E-state index contributed by atoms with van der Waals surface area (Å²) < 4.78 is 0. The molecule has 0 saturated carbocycles. The van der Waals surface area contributed by atoms with Crippen LogP contribution in [-0.4, -0.2) is 52.1 Å². The highest BCUT2D eigenvalue weighted by Crippen LogP contribution is 2.38. The second kappa shape index (κ2) is 6.67. The van der Waals surface area contributed by atoms with Crippen molar-refractivity contribution >= 4 is 12.0 Å². The fourth-order valence-corrected chi connectivity index (χ4v) is 3.03. The maximum atomic E-state index is 12.7. The van der Waals surface area contributed by atoms with Crippen LogP contribution in [0.2, 0.25) is 0 Å². The number of hydrogen-bond acceptors (Lipinski definition) is 2. The topological polar surface area (TPSA) is 60.9 Å². The summed E-state index contributed by atoms with van der Waals surface area (Å²) in [4.78, 5) is 27.0. The van der Waals surface area contributed by atoms with Crippen molar-refractivity contribution in [3.63, 3.8) is 0 Å². The molecule has 0 aromatic rings. The molecule has 0 aromatic carbocycles. The van der Waals surface area contributed by atoms with Crippen molar-refractivity contribution in [1.82, 2.24) is 9.80 Å². The fourth-order valence-electron chi connectivity index (χ4n) is 3.03. The summed E-state index contributed by atoms with van der Waals surface area (Å²) in [6, 6.07) is -0.147. The van der Waals surface area contributed by atoms with E-state index in [1.165, 1.54) is 4.90 Å². The van der Waals surface area contributed by atoms with Gasteiger partial charge in [0.1, 0.15) is 6.54 Å². The van der Waals surface area contributed by atoms with Gasteiger partial charge in [0.2, 0.25) is 0 Å². The third kappa shape index (κ3) is 4.35. The molecule has 0 aromatic heterocycles. The first-order valence-electron chi connectivity index (χ1n) is 7.93. The zero-order chi connectivity index (χ0) is 16.3. The molecule has 0 unspecified atom stereocenters. The highest BCUT2D eigenvalue weighted by Gasteiger charge is 2.37. The van der Waals surface area contributed by atoms with Crippen molar-refractivity contribution in [3.8, 4) is 0 Å². The number of likely N-dealkylation sites (tertiary alicyclic amines) is 1. The van der Waals surface area contributed by atoms with Crippen LogP contribution in [0.1, 0.15) is 60.3 Å². The van der Waals surface area contributed by atoms with Crippen molar-refractivity contribution in [1.29, 1.82) is 0 Å². The summed E-state index contributed by atoms with van der Waals surface area (Å²) in [5.41, 5.74) is -0.129. The van der Waals surface area contributed by atoms with Crippen LogP contribution < -0.4 is 0 Å². The van der Waals surface area contributed by atoms with E-state index >= 15 is 0 Å². The second-order valence-electron chi connectivity index (χ2n) is 7.13. The van der Waals surface area contributed by atoms with E-state index in [1.54, 1.807) is 0 Å². The highest BCUT2D eigenvalue weighted by molar-refractivity contribution is 5.81. The van der Waals surface area contributed by atoms with Gasteiger partial charge >= 0.3 is 12.0 Å². The molecule has 122 valence electrons. The standard InChI is InChI=1S/C16H30N2O3/c1-6-16(7-2)8-10-17(11-9-16)14(21)18(12-13(19)20)15(3,4)5/h6-12H2,1-5H3,(H,19,20). The quantitative estimate of drug-likeness (QED) is 0.867. The number of aliphatic carboxylic acids is 1. The SMILES string of the molecule is CCC1(CC)CCN(C(=O)N(CC(=O)O)C(C)(C)C)CC1. The minimum atomic E-state index is -0.966. The summed E-state index contributed by atoms with van der Waals surface area (Å²) >= 11 is 0. The van der Waals surface area contributed by atoms with Crippen molar-refractivity contribution < 1.29 is 14.7 Å². The predicted molar refractivity (Wildman–Crippen MR) is 83.3 cm³/mol. The number of hydrogen-bond donors (Lipinski definition) is 1. The van der Waals surface area contributed by atoms with Crippen molar-refractivity contribution in [2.45, 2.75) is 65.8 Å². The van der Waals surface area contributed by atoms with Crippen LogP contribution in [0.5, 0.6) is 0 Å². The average Bonchev–Trinajstić information content (AvgIpc) is 2.43. The molecule has 1 heterocycles. The van der Waals surface area contributed by atoms with E-state index in [2.05, 4.69) is 13.8 Å². The lowest BCUT2D eigenvalue weighted by atomic mass is 9.74. The van der Waals surface area contributed by atoms with Gasteiger partial charge in [-0.05, 0) is 39.0 Å². The molecule has 1 saturated heterocycles. The van der Waals surface area contributed by atoms with Gasteiger partial charge in [-0.25, -0.2) is 4.79 Å². The van der Waals surface area contributed by atoms with E-state index in [0.717, 1.165) is 38.8 Å². The molecule has 1 aliphatic heterocycles. The lowest BCUT2D eigenvalue weighted by Crippen LogP contribution is -2.55. The van der Waals surface area contributed by atoms with Gasteiger partial charge in [0.05, 0.1) is 0 Å². The van der Waals surface area contributed by atoms with Crippen LogP contribution in [0.15, 0.2) is 0 Å². The molecule has 5 nitrogen and oxygen atoms in total. The Bertz CT molecular complexity index is 373. The molecule has 1 rings (SSSR count). The minimum Gasteiger partial charge on any atom is -0.480 e. The Morgan fingerprint density at radius 3 is 1.95 bits per heavy atom. The number of urea groups is 1. The molecule has 0 aliphatic carbocycles. The van der Waals surface area contributed by atoms with Crippen LogP contribution in [-0.2, 0) is 4.79 Å². The summed E-state index contributed by atoms with van der Waals surface area (Å²) in [5, 5.41) is 9.04. The molecule has 1 aliphatic rings. The average molecular weight is 298 g/mol. The van der Waals surface area contributed by atoms with Gasteiger partial charge in [-0.2, -0.15) is 0 Å². The molecule has 21 heavy (non-hydrogen) atoms. The van der Waals surface area contributed by atoms with Crippen molar-refractivity contribution in [3.05, 3.63) is 0 Å². The normalized spacial score (nSPS) is 18.4. The predicted octanol–water partition coefficient (Wildman–Crippen LogP) is 3.19. The molecule has 0 atom stereocenters. The number of rotatable bonds is 4. The first-order valence-corrected chi connectivity index (χ1v) is 7.93. The van der Waals surface area contributed by atoms with Gasteiger partial charge in [-0.1, -0.05) is 26.7 Å². The minimum absolute atomic E-state index is 0.147. The van der Waals surface area contributed by atoms with Crippen LogP contribution in [0, 0.1) is 5.41 Å². The fraction of sp³-hybridized carbons (Fsp3) is 0.875. The largest absolute Gasteiger partial charge is 0.480 e. The van der Waals surface area contributed by atoms with E-state index < -0.39 is 11.5 Å². The zero-order valence-corrected chi connectivity index (χ0v) is 14.1. The zero-order valence-electron chi connectivity index (χ0n) is 14.1. The number of carboxylic acid groups (broad SMARTS) is 1. The number of piperidine rings is 1. The molecule has 1 fully saturated rings. The first-order chi connectivity index (χ1) is 9.65. The Kier molecular flexibility index (Phi) is 5.65. The van der Waals surface area contributed by atoms with Gasteiger partial charge in [0, 0.05) is 18.6 Å². The van der Waals surface area contributed by atoms with Crippen LogP contribution in [0.25, 0.3) is 0 Å². The van der Waals surface area contributed by atoms with Crippen LogP contribution in [0.3, 0.4) is 0 Å². The van der Waals surface area contributed by atoms with E-state index in [9.17, 15) is 9.59 Å². The molecule has 0 spiro atoms. The summed E-state index contributed by atoms with van der Waals surface area (Å²) in [5.74, 6) is -0.966. The van der Waals surface area contributed by atoms with Crippen molar-refractivity contribution in [2.75, 3.05) is 19.6 Å². The Morgan fingerprint density at radius 1 is 1.14 bits per heavy atom. The monoisotopic (exact) mass is 298 g/mol.